The average Bonchev–Trinajstić information content (AvgIpc) is 2.24. The van der Waals surface area contributed by atoms with Crippen molar-refractivity contribution in [2.24, 2.45) is 11.8 Å². The minimum absolute atomic E-state index is 0.804. The molecule has 16 heavy (non-hydrogen) atoms. The monoisotopic (exact) mass is 216 g/mol. The molecular weight excluding hydrogens is 191 g/mol. The van der Waals surface area contributed by atoms with Crippen LogP contribution in [0.2, 0.25) is 0 Å². The third kappa shape index (κ3) is 4.96. The van der Waals surface area contributed by atoms with Crippen molar-refractivity contribution in [3.8, 4) is 0 Å². The maximum atomic E-state index is 2.30. The topological polar surface area (TPSA) is 0 Å². The van der Waals surface area contributed by atoms with E-state index in [0.29, 0.717) is 0 Å². The summed E-state index contributed by atoms with van der Waals surface area (Å²) in [5.41, 5.74) is 3.13. The van der Waals surface area contributed by atoms with Gasteiger partial charge in [0.05, 0.1) is 0 Å². The summed E-state index contributed by atoms with van der Waals surface area (Å²) in [6, 6.07) is 4.48. The van der Waals surface area contributed by atoms with Crippen molar-refractivity contribution in [2.45, 2.75) is 53.4 Å². The minimum atomic E-state index is 0.804. The van der Waals surface area contributed by atoms with Gasteiger partial charge in [-0.2, -0.15) is 0 Å². The predicted octanol–water partition coefficient (Wildman–Crippen LogP) is 4.20. The van der Waals surface area contributed by atoms with Gasteiger partial charge >= 0.3 is 101 Å². The molecule has 0 aliphatic heterocycles. The zero-order valence-electron chi connectivity index (χ0n) is 11.3. The molecule has 88 valence electrons. The van der Waals surface area contributed by atoms with E-state index in [2.05, 4.69) is 52.7 Å². The van der Waals surface area contributed by atoms with Crippen LogP contribution >= 0.6 is 0 Å². The SMILES string of the molecule is CC(C)CCc1bcccc1CCC(C)C. The Morgan fingerprint density at radius 1 is 1.00 bits per heavy atom. The van der Waals surface area contributed by atoms with Gasteiger partial charge in [0.25, 0.3) is 0 Å². The summed E-state index contributed by atoms with van der Waals surface area (Å²) < 4.78 is 0. The average molecular weight is 216 g/mol. The zero-order valence-corrected chi connectivity index (χ0v) is 11.3. The molecular formula is C15H25B. The summed E-state index contributed by atoms with van der Waals surface area (Å²) in [6.45, 7) is 11.5. The van der Waals surface area contributed by atoms with E-state index in [-0.39, 0.29) is 0 Å². The quantitative estimate of drug-likeness (QED) is 0.668. The Morgan fingerprint density at radius 3 is 2.25 bits per heavy atom. The third-order valence-electron chi connectivity index (χ3n) is 3.10. The van der Waals surface area contributed by atoms with Crippen molar-refractivity contribution >= 4 is 6.91 Å². The van der Waals surface area contributed by atoms with Crippen LogP contribution in [0.1, 0.15) is 51.6 Å². The number of hydrogen-bond donors (Lipinski definition) is 0. The van der Waals surface area contributed by atoms with Crippen LogP contribution in [0, 0.1) is 11.8 Å². The second-order valence-electron chi connectivity index (χ2n) is 5.63. The summed E-state index contributed by atoms with van der Waals surface area (Å²) in [5, 5.41) is 0. The molecule has 1 aromatic rings. The molecule has 0 unspecified atom stereocenters. The van der Waals surface area contributed by atoms with Crippen LogP contribution in [-0.4, -0.2) is 6.91 Å². The second kappa shape index (κ2) is 6.88. The molecule has 0 amide bonds. The second-order valence-corrected chi connectivity index (χ2v) is 5.63. The van der Waals surface area contributed by atoms with E-state index in [0.717, 1.165) is 11.8 Å². The van der Waals surface area contributed by atoms with E-state index in [9.17, 15) is 0 Å². The Hall–Kier alpha value is -0.585. The summed E-state index contributed by atoms with van der Waals surface area (Å²) in [5.74, 6) is 3.78. The molecule has 0 aromatic carbocycles. The van der Waals surface area contributed by atoms with Crippen LogP contribution < -0.4 is 0 Å². The Labute approximate surface area is 102 Å². The first kappa shape index (κ1) is 13.5. The van der Waals surface area contributed by atoms with E-state index >= 15 is 0 Å². The third-order valence-corrected chi connectivity index (χ3v) is 3.10. The zero-order chi connectivity index (χ0) is 12.0. The fourth-order valence-electron chi connectivity index (χ4n) is 1.93. The Balaban J connectivity index is 2.60. The molecule has 0 aliphatic carbocycles. The van der Waals surface area contributed by atoms with Crippen molar-refractivity contribution in [1.82, 2.24) is 0 Å². The summed E-state index contributed by atoms with van der Waals surface area (Å²) in [7, 11) is 0. The van der Waals surface area contributed by atoms with E-state index in [1.165, 1.54) is 25.7 Å². The van der Waals surface area contributed by atoms with Gasteiger partial charge in [0, 0.05) is 0 Å². The first-order valence-electron chi connectivity index (χ1n) is 6.66. The van der Waals surface area contributed by atoms with Gasteiger partial charge in [-0.15, -0.1) is 0 Å². The fraction of sp³-hybridized carbons (Fsp3) is 0.667. The molecule has 0 spiro atoms. The normalized spacial score (nSPS) is 11.1. The van der Waals surface area contributed by atoms with Crippen molar-refractivity contribution in [1.29, 1.82) is 0 Å². The molecule has 0 bridgehead atoms. The molecule has 0 saturated carbocycles. The van der Waals surface area contributed by atoms with E-state index in [1.807, 2.05) is 0 Å². The van der Waals surface area contributed by atoms with Crippen LogP contribution in [0.3, 0.4) is 0 Å². The first-order chi connectivity index (χ1) is 7.59. The molecule has 1 heterocycles. The Morgan fingerprint density at radius 2 is 1.62 bits per heavy atom. The van der Waals surface area contributed by atoms with Gasteiger partial charge in [0.1, 0.15) is 0 Å². The Bertz CT molecular complexity index is 271. The van der Waals surface area contributed by atoms with Gasteiger partial charge in [-0.3, -0.25) is 0 Å². The van der Waals surface area contributed by atoms with E-state index in [1.54, 1.807) is 11.0 Å². The molecule has 0 N–H and O–H groups in total. The summed E-state index contributed by atoms with van der Waals surface area (Å²) in [6.07, 6.45) is 5.09. The van der Waals surface area contributed by atoms with Crippen molar-refractivity contribution in [3.63, 3.8) is 0 Å². The number of hydrogen-bond acceptors (Lipinski definition) is 0. The van der Waals surface area contributed by atoms with E-state index in [4.69, 9.17) is 0 Å². The molecule has 0 aliphatic rings. The van der Waals surface area contributed by atoms with Gasteiger partial charge < -0.3 is 0 Å². The molecule has 1 aromatic heterocycles. The molecule has 1 rings (SSSR count). The van der Waals surface area contributed by atoms with Gasteiger partial charge in [-0.05, 0) is 0 Å². The van der Waals surface area contributed by atoms with Crippen molar-refractivity contribution in [2.75, 3.05) is 0 Å². The standard InChI is InChI=1S/C15H25B/c1-12(2)7-9-14-6-5-11-16-15(14)10-8-13(3)4/h5-6,11-13H,7-10H2,1-4H3. The van der Waals surface area contributed by atoms with Crippen LogP contribution in [0.15, 0.2) is 18.1 Å². The molecule has 0 saturated heterocycles. The van der Waals surface area contributed by atoms with Crippen LogP contribution in [0.25, 0.3) is 0 Å². The van der Waals surface area contributed by atoms with Crippen LogP contribution in [-0.2, 0) is 12.8 Å². The van der Waals surface area contributed by atoms with Gasteiger partial charge in [0.2, 0.25) is 0 Å². The summed E-state index contributed by atoms with van der Waals surface area (Å²) in [4.78, 5) is 0. The van der Waals surface area contributed by atoms with Crippen LogP contribution in [0.4, 0.5) is 0 Å². The Kier molecular flexibility index (Phi) is 5.80. The fourth-order valence-corrected chi connectivity index (χ4v) is 1.93. The number of rotatable bonds is 6. The first-order valence-corrected chi connectivity index (χ1v) is 6.66. The maximum absolute atomic E-state index is 2.30. The molecule has 0 nitrogen and oxygen atoms in total. The van der Waals surface area contributed by atoms with Gasteiger partial charge in [-0.25, -0.2) is 0 Å². The molecule has 1 heteroatoms. The predicted molar refractivity (Wildman–Crippen MR) is 74.1 cm³/mol. The van der Waals surface area contributed by atoms with Gasteiger partial charge in [0.15, 0.2) is 0 Å². The molecule has 0 atom stereocenters. The van der Waals surface area contributed by atoms with Gasteiger partial charge in [-0.1, -0.05) is 0 Å². The summed E-state index contributed by atoms with van der Waals surface area (Å²) >= 11 is 0. The van der Waals surface area contributed by atoms with Crippen molar-refractivity contribution < 1.29 is 0 Å². The molecule has 0 radical (unpaired) electrons. The number of aryl methyl sites for hydroxylation is 2. The molecule has 0 fully saturated rings. The van der Waals surface area contributed by atoms with Crippen LogP contribution in [0.5, 0.6) is 0 Å². The van der Waals surface area contributed by atoms with E-state index < -0.39 is 0 Å². The van der Waals surface area contributed by atoms with Crippen molar-refractivity contribution in [3.05, 3.63) is 29.1 Å².